The van der Waals surface area contributed by atoms with Gasteiger partial charge in [-0.2, -0.15) is 0 Å². The second-order valence-electron chi connectivity index (χ2n) is 6.70. The van der Waals surface area contributed by atoms with Crippen molar-refractivity contribution in [1.82, 2.24) is 0 Å². The maximum absolute atomic E-state index is 12.7. The SMILES string of the molecule is CC1(C(=O)c2ccc(C3CCC3)cc2)CCCCC1. The molecule has 2 aliphatic rings. The molecule has 0 spiro atoms. The average Bonchev–Trinajstić information content (AvgIpc) is 2.38. The van der Waals surface area contributed by atoms with Crippen LogP contribution in [-0.2, 0) is 0 Å². The van der Waals surface area contributed by atoms with Crippen LogP contribution in [0, 0.1) is 5.41 Å². The van der Waals surface area contributed by atoms with Gasteiger partial charge in [-0.25, -0.2) is 0 Å². The van der Waals surface area contributed by atoms with Gasteiger partial charge in [0.2, 0.25) is 0 Å². The monoisotopic (exact) mass is 256 g/mol. The fraction of sp³-hybridized carbons (Fsp3) is 0.611. The quantitative estimate of drug-likeness (QED) is 0.687. The highest BCUT2D eigenvalue weighted by Gasteiger charge is 2.35. The van der Waals surface area contributed by atoms with Crippen LogP contribution in [0.15, 0.2) is 24.3 Å². The fourth-order valence-electron chi connectivity index (χ4n) is 3.56. The Morgan fingerprint density at radius 3 is 2.16 bits per heavy atom. The summed E-state index contributed by atoms with van der Waals surface area (Å²) in [7, 11) is 0. The molecule has 0 aliphatic heterocycles. The Bertz CT molecular complexity index is 447. The van der Waals surface area contributed by atoms with E-state index in [1.807, 2.05) is 0 Å². The minimum atomic E-state index is -0.101. The van der Waals surface area contributed by atoms with Crippen molar-refractivity contribution in [3.05, 3.63) is 35.4 Å². The second kappa shape index (κ2) is 5.11. The normalized spacial score (nSPS) is 22.8. The first-order valence-corrected chi connectivity index (χ1v) is 7.84. The van der Waals surface area contributed by atoms with E-state index in [0.29, 0.717) is 5.78 Å². The van der Waals surface area contributed by atoms with Gasteiger partial charge in [0.05, 0.1) is 0 Å². The van der Waals surface area contributed by atoms with Crippen LogP contribution in [0.2, 0.25) is 0 Å². The molecular formula is C18H24O. The number of benzene rings is 1. The summed E-state index contributed by atoms with van der Waals surface area (Å²) >= 11 is 0. The second-order valence-corrected chi connectivity index (χ2v) is 6.70. The number of rotatable bonds is 3. The summed E-state index contributed by atoms with van der Waals surface area (Å²) in [6.07, 6.45) is 9.86. The van der Waals surface area contributed by atoms with E-state index in [4.69, 9.17) is 0 Å². The molecule has 2 fully saturated rings. The van der Waals surface area contributed by atoms with E-state index < -0.39 is 0 Å². The molecule has 0 saturated heterocycles. The maximum atomic E-state index is 12.7. The summed E-state index contributed by atoms with van der Waals surface area (Å²) in [4.78, 5) is 12.7. The molecule has 2 saturated carbocycles. The van der Waals surface area contributed by atoms with Gasteiger partial charge in [0.25, 0.3) is 0 Å². The van der Waals surface area contributed by atoms with E-state index in [1.165, 1.54) is 44.1 Å². The third-order valence-electron chi connectivity index (χ3n) is 5.25. The van der Waals surface area contributed by atoms with Gasteiger partial charge >= 0.3 is 0 Å². The van der Waals surface area contributed by atoms with Crippen LogP contribution in [0.25, 0.3) is 0 Å². The molecule has 3 rings (SSSR count). The summed E-state index contributed by atoms with van der Waals surface area (Å²) < 4.78 is 0. The summed E-state index contributed by atoms with van der Waals surface area (Å²) in [6.45, 7) is 2.16. The summed E-state index contributed by atoms with van der Waals surface area (Å²) in [5.41, 5.74) is 2.25. The molecule has 1 aromatic rings. The molecular weight excluding hydrogens is 232 g/mol. The van der Waals surface area contributed by atoms with Crippen molar-refractivity contribution >= 4 is 5.78 Å². The largest absolute Gasteiger partial charge is 0.294 e. The van der Waals surface area contributed by atoms with Crippen molar-refractivity contribution in [2.45, 2.75) is 64.2 Å². The zero-order chi connectivity index (χ0) is 13.3. The van der Waals surface area contributed by atoms with Gasteiger partial charge in [-0.3, -0.25) is 4.79 Å². The van der Waals surface area contributed by atoms with E-state index in [1.54, 1.807) is 0 Å². The van der Waals surface area contributed by atoms with Crippen molar-refractivity contribution in [3.63, 3.8) is 0 Å². The highest BCUT2D eigenvalue weighted by Crippen LogP contribution is 2.40. The Hall–Kier alpha value is -1.11. The first-order valence-electron chi connectivity index (χ1n) is 7.84. The van der Waals surface area contributed by atoms with Crippen LogP contribution in [0.3, 0.4) is 0 Å². The van der Waals surface area contributed by atoms with Gasteiger partial charge in [0.15, 0.2) is 5.78 Å². The highest BCUT2D eigenvalue weighted by atomic mass is 16.1. The lowest BCUT2D eigenvalue weighted by atomic mass is 9.71. The Balaban J connectivity index is 1.75. The van der Waals surface area contributed by atoms with Crippen molar-refractivity contribution in [2.75, 3.05) is 0 Å². The number of carbonyl (C=O) groups excluding carboxylic acids is 1. The van der Waals surface area contributed by atoms with Crippen molar-refractivity contribution in [1.29, 1.82) is 0 Å². The van der Waals surface area contributed by atoms with Gasteiger partial charge in [-0.05, 0) is 37.2 Å². The first-order chi connectivity index (χ1) is 9.19. The third kappa shape index (κ3) is 2.48. The Kier molecular flexibility index (Phi) is 3.47. The topological polar surface area (TPSA) is 17.1 Å². The standard InChI is InChI=1S/C18H24O/c1-18(12-3-2-4-13-18)17(19)16-10-8-15(9-11-16)14-6-5-7-14/h8-11,14H,2-7,12-13H2,1H3. The molecule has 1 nitrogen and oxygen atoms in total. The van der Waals surface area contributed by atoms with Crippen LogP contribution in [0.1, 0.15) is 80.1 Å². The minimum absolute atomic E-state index is 0.101. The Morgan fingerprint density at radius 2 is 1.63 bits per heavy atom. The molecule has 0 amide bonds. The Morgan fingerprint density at radius 1 is 1.00 bits per heavy atom. The molecule has 19 heavy (non-hydrogen) atoms. The van der Waals surface area contributed by atoms with Crippen molar-refractivity contribution in [2.24, 2.45) is 5.41 Å². The Labute approximate surface area is 116 Å². The van der Waals surface area contributed by atoms with Gasteiger partial charge in [0.1, 0.15) is 0 Å². The minimum Gasteiger partial charge on any atom is -0.294 e. The molecule has 102 valence electrons. The molecule has 0 unspecified atom stereocenters. The molecule has 2 aliphatic carbocycles. The molecule has 0 heterocycles. The lowest BCUT2D eigenvalue weighted by Crippen LogP contribution is -2.30. The molecule has 0 bridgehead atoms. The molecule has 0 atom stereocenters. The van der Waals surface area contributed by atoms with E-state index in [9.17, 15) is 4.79 Å². The van der Waals surface area contributed by atoms with Gasteiger partial charge in [0, 0.05) is 11.0 Å². The summed E-state index contributed by atoms with van der Waals surface area (Å²) in [5, 5.41) is 0. The lowest BCUT2D eigenvalue weighted by molar-refractivity contribution is 0.0749. The molecule has 1 aromatic carbocycles. The van der Waals surface area contributed by atoms with Crippen LogP contribution in [0.5, 0.6) is 0 Å². The van der Waals surface area contributed by atoms with Gasteiger partial charge in [-0.1, -0.05) is 56.9 Å². The highest BCUT2D eigenvalue weighted by molar-refractivity contribution is 6.00. The van der Waals surface area contributed by atoms with Crippen LogP contribution in [0.4, 0.5) is 0 Å². The molecule has 0 aromatic heterocycles. The van der Waals surface area contributed by atoms with Gasteiger partial charge < -0.3 is 0 Å². The number of ketones is 1. The zero-order valence-corrected chi connectivity index (χ0v) is 12.0. The van der Waals surface area contributed by atoms with Crippen molar-refractivity contribution in [3.8, 4) is 0 Å². The number of Topliss-reactive ketones (excluding diaryl/α,β-unsaturated/α-hetero) is 1. The molecule has 0 N–H and O–H groups in total. The number of hydrogen-bond donors (Lipinski definition) is 0. The molecule has 0 radical (unpaired) electrons. The van der Waals surface area contributed by atoms with Crippen LogP contribution in [-0.4, -0.2) is 5.78 Å². The predicted octanol–water partition coefficient (Wildman–Crippen LogP) is 5.11. The average molecular weight is 256 g/mol. The zero-order valence-electron chi connectivity index (χ0n) is 12.0. The van der Waals surface area contributed by atoms with Crippen LogP contribution >= 0.6 is 0 Å². The fourth-order valence-corrected chi connectivity index (χ4v) is 3.56. The third-order valence-corrected chi connectivity index (χ3v) is 5.25. The number of hydrogen-bond acceptors (Lipinski definition) is 1. The maximum Gasteiger partial charge on any atom is 0.168 e. The smallest absolute Gasteiger partial charge is 0.168 e. The number of carbonyl (C=O) groups is 1. The van der Waals surface area contributed by atoms with E-state index in [0.717, 1.165) is 24.3 Å². The van der Waals surface area contributed by atoms with Crippen LogP contribution < -0.4 is 0 Å². The van der Waals surface area contributed by atoms with Crippen molar-refractivity contribution < 1.29 is 4.79 Å². The summed E-state index contributed by atoms with van der Waals surface area (Å²) in [5.74, 6) is 1.13. The van der Waals surface area contributed by atoms with E-state index in [2.05, 4.69) is 31.2 Å². The molecule has 1 heteroatoms. The first kappa shape index (κ1) is 12.9. The lowest BCUT2D eigenvalue weighted by Gasteiger charge is -2.32. The van der Waals surface area contributed by atoms with Gasteiger partial charge in [-0.15, -0.1) is 0 Å². The van der Waals surface area contributed by atoms with E-state index in [-0.39, 0.29) is 5.41 Å². The summed E-state index contributed by atoms with van der Waals surface area (Å²) in [6, 6.07) is 8.50. The predicted molar refractivity (Wildman–Crippen MR) is 78.6 cm³/mol. The van der Waals surface area contributed by atoms with E-state index >= 15 is 0 Å².